The molecule has 1 N–H and O–H groups in total. The quantitative estimate of drug-likeness (QED) is 0.789. The van der Waals surface area contributed by atoms with Crippen LogP contribution in [0.1, 0.15) is 19.4 Å². The number of carbonyl (C=O) groups excluding carboxylic acids is 1. The molecule has 1 rings (SSSR count). The molecule has 4 heteroatoms. The molecule has 0 saturated heterocycles. The van der Waals surface area contributed by atoms with Crippen molar-refractivity contribution in [1.82, 2.24) is 0 Å². The van der Waals surface area contributed by atoms with Gasteiger partial charge in [0.25, 0.3) is 0 Å². The molecule has 0 radical (unpaired) electrons. The molecule has 0 aliphatic rings. The number of para-hydroxylation sites is 1. The van der Waals surface area contributed by atoms with Crippen LogP contribution >= 0.6 is 0 Å². The molecule has 0 spiro atoms. The molecule has 0 aliphatic heterocycles. The van der Waals surface area contributed by atoms with E-state index in [9.17, 15) is 4.79 Å². The second-order valence-electron chi connectivity index (χ2n) is 4.43. The Morgan fingerprint density at radius 3 is 2.61 bits per heavy atom. The molecule has 1 aromatic carbocycles. The second-order valence-corrected chi connectivity index (χ2v) is 4.43. The van der Waals surface area contributed by atoms with Crippen molar-refractivity contribution >= 4 is 11.7 Å². The highest BCUT2D eigenvalue weighted by atomic mass is 16.5. The van der Waals surface area contributed by atoms with Crippen molar-refractivity contribution in [2.75, 3.05) is 25.6 Å². The Hall–Kier alpha value is -1.55. The van der Waals surface area contributed by atoms with Gasteiger partial charge in [0.05, 0.1) is 13.2 Å². The van der Waals surface area contributed by atoms with Gasteiger partial charge in [0.2, 0.25) is 0 Å². The SMILES string of the molecule is CCOC(=O)C(C)(COC)Nc1ccccc1C. The highest BCUT2D eigenvalue weighted by molar-refractivity contribution is 5.84. The highest BCUT2D eigenvalue weighted by Gasteiger charge is 2.35. The zero-order valence-electron chi connectivity index (χ0n) is 11.4. The molecule has 18 heavy (non-hydrogen) atoms. The van der Waals surface area contributed by atoms with Gasteiger partial charge in [-0.15, -0.1) is 0 Å². The fourth-order valence-electron chi connectivity index (χ4n) is 1.74. The molecule has 100 valence electrons. The Kier molecular flexibility index (Phi) is 5.16. The Labute approximate surface area is 108 Å². The third-order valence-electron chi connectivity index (χ3n) is 2.71. The number of anilines is 1. The van der Waals surface area contributed by atoms with Crippen molar-refractivity contribution in [3.8, 4) is 0 Å². The van der Waals surface area contributed by atoms with Gasteiger partial charge in [-0.2, -0.15) is 0 Å². The van der Waals surface area contributed by atoms with Gasteiger partial charge < -0.3 is 14.8 Å². The van der Waals surface area contributed by atoms with Gasteiger partial charge in [0, 0.05) is 12.8 Å². The van der Waals surface area contributed by atoms with E-state index in [0.717, 1.165) is 11.3 Å². The Bertz CT molecular complexity index is 406. The van der Waals surface area contributed by atoms with Crippen LogP contribution in [0.4, 0.5) is 5.69 Å². The molecule has 0 bridgehead atoms. The summed E-state index contributed by atoms with van der Waals surface area (Å²) >= 11 is 0. The van der Waals surface area contributed by atoms with Gasteiger partial charge in [0.15, 0.2) is 5.54 Å². The third kappa shape index (κ3) is 3.47. The number of esters is 1. The van der Waals surface area contributed by atoms with Gasteiger partial charge in [-0.1, -0.05) is 18.2 Å². The number of ether oxygens (including phenoxy) is 2. The van der Waals surface area contributed by atoms with E-state index < -0.39 is 5.54 Å². The lowest BCUT2D eigenvalue weighted by Crippen LogP contribution is -2.48. The van der Waals surface area contributed by atoms with Crippen LogP contribution in [0.25, 0.3) is 0 Å². The Morgan fingerprint density at radius 2 is 2.06 bits per heavy atom. The van der Waals surface area contributed by atoms with E-state index in [1.807, 2.05) is 31.2 Å². The Balaban J connectivity index is 2.92. The Morgan fingerprint density at radius 1 is 1.39 bits per heavy atom. The van der Waals surface area contributed by atoms with E-state index in [4.69, 9.17) is 9.47 Å². The second kappa shape index (κ2) is 6.40. The van der Waals surface area contributed by atoms with Crippen LogP contribution in [0.2, 0.25) is 0 Å². The molecule has 0 heterocycles. The summed E-state index contributed by atoms with van der Waals surface area (Å²) in [5, 5.41) is 3.21. The van der Waals surface area contributed by atoms with Crippen LogP contribution in [-0.2, 0) is 14.3 Å². The average Bonchev–Trinajstić information content (AvgIpc) is 2.33. The fraction of sp³-hybridized carbons (Fsp3) is 0.500. The molecule has 0 amide bonds. The van der Waals surface area contributed by atoms with Crippen LogP contribution in [-0.4, -0.2) is 31.8 Å². The minimum atomic E-state index is -0.878. The molecular weight excluding hydrogens is 230 g/mol. The number of hydrogen-bond donors (Lipinski definition) is 1. The summed E-state index contributed by atoms with van der Waals surface area (Å²) in [7, 11) is 1.57. The molecule has 1 unspecified atom stereocenters. The lowest BCUT2D eigenvalue weighted by atomic mass is 10.0. The summed E-state index contributed by atoms with van der Waals surface area (Å²) < 4.78 is 10.2. The topological polar surface area (TPSA) is 47.6 Å². The van der Waals surface area contributed by atoms with Crippen LogP contribution in [0.15, 0.2) is 24.3 Å². The summed E-state index contributed by atoms with van der Waals surface area (Å²) in [6, 6.07) is 7.80. The first-order valence-electron chi connectivity index (χ1n) is 6.03. The standard InChI is InChI=1S/C14H21NO3/c1-5-18-13(16)14(3,10-17-4)15-12-9-7-6-8-11(12)2/h6-9,15H,5,10H2,1-4H3. The maximum absolute atomic E-state index is 12.0. The molecule has 0 fully saturated rings. The summed E-state index contributed by atoms with van der Waals surface area (Å²) in [5.41, 5.74) is 1.10. The lowest BCUT2D eigenvalue weighted by Gasteiger charge is -2.29. The van der Waals surface area contributed by atoms with E-state index >= 15 is 0 Å². The van der Waals surface area contributed by atoms with Crippen molar-refractivity contribution < 1.29 is 14.3 Å². The predicted octanol–water partition coefficient (Wildman–Crippen LogP) is 2.38. The number of aryl methyl sites for hydroxylation is 1. The highest BCUT2D eigenvalue weighted by Crippen LogP contribution is 2.20. The van der Waals surface area contributed by atoms with Gasteiger partial charge in [-0.25, -0.2) is 4.79 Å². The summed E-state index contributed by atoms with van der Waals surface area (Å²) in [5.74, 6) is -0.310. The third-order valence-corrected chi connectivity index (χ3v) is 2.71. The molecule has 1 aromatic rings. The van der Waals surface area contributed by atoms with Crippen molar-refractivity contribution in [2.24, 2.45) is 0 Å². The van der Waals surface area contributed by atoms with Gasteiger partial charge in [-0.3, -0.25) is 0 Å². The number of benzene rings is 1. The number of rotatable bonds is 6. The van der Waals surface area contributed by atoms with Crippen LogP contribution < -0.4 is 5.32 Å². The first kappa shape index (κ1) is 14.5. The van der Waals surface area contributed by atoms with Crippen LogP contribution in [0.3, 0.4) is 0 Å². The van der Waals surface area contributed by atoms with E-state index in [2.05, 4.69) is 5.32 Å². The zero-order chi connectivity index (χ0) is 13.6. The fourth-order valence-corrected chi connectivity index (χ4v) is 1.74. The minimum absolute atomic E-state index is 0.250. The number of methoxy groups -OCH3 is 1. The van der Waals surface area contributed by atoms with E-state index in [1.165, 1.54) is 0 Å². The minimum Gasteiger partial charge on any atom is -0.464 e. The normalized spacial score (nSPS) is 13.8. The van der Waals surface area contributed by atoms with E-state index in [0.29, 0.717) is 6.61 Å². The van der Waals surface area contributed by atoms with E-state index in [-0.39, 0.29) is 12.6 Å². The maximum Gasteiger partial charge on any atom is 0.333 e. The smallest absolute Gasteiger partial charge is 0.333 e. The first-order valence-corrected chi connectivity index (χ1v) is 6.03. The maximum atomic E-state index is 12.0. The van der Waals surface area contributed by atoms with Crippen LogP contribution in [0, 0.1) is 6.92 Å². The van der Waals surface area contributed by atoms with E-state index in [1.54, 1.807) is 21.0 Å². The molecule has 1 atom stereocenters. The van der Waals surface area contributed by atoms with Crippen molar-refractivity contribution in [1.29, 1.82) is 0 Å². The lowest BCUT2D eigenvalue weighted by molar-refractivity contribution is -0.149. The van der Waals surface area contributed by atoms with Gasteiger partial charge >= 0.3 is 5.97 Å². The van der Waals surface area contributed by atoms with Gasteiger partial charge in [-0.05, 0) is 32.4 Å². The summed E-state index contributed by atoms with van der Waals surface area (Å²) in [6.07, 6.45) is 0. The largest absolute Gasteiger partial charge is 0.464 e. The molecule has 0 aliphatic carbocycles. The summed E-state index contributed by atoms with van der Waals surface area (Å²) in [6.45, 7) is 6.16. The molecule has 0 saturated carbocycles. The number of hydrogen-bond acceptors (Lipinski definition) is 4. The van der Waals surface area contributed by atoms with Gasteiger partial charge in [0.1, 0.15) is 0 Å². The van der Waals surface area contributed by atoms with Crippen LogP contribution in [0.5, 0.6) is 0 Å². The predicted molar refractivity (Wildman–Crippen MR) is 71.7 cm³/mol. The number of nitrogens with one attached hydrogen (secondary N) is 1. The molecule has 0 aromatic heterocycles. The molecular formula is C14H21NO3. The average molecular weight is 251 g/mol. The monoisotopic (exact) mass is 251 g/mol. The zero-order valence-corrected chi connectivity index (χ0v) is 11.4. The summed E-state index contributed by atoms with van der Waals surface area (Å²) in [4.78, 5) is 12.0. The van der Waals surface area contributed by atoms with Crippen molar-refractivity contribution in [3.63, 3.8) is 0 Å². The molecule has 4 nitrogen and oxygen atoms in total. The van der Waals surface area contributed by atoms with Crippen molar-refractivity contribution in [2.45, 2.75) is 26.3 Å². The first-order chi connectivity index (χ1) is 8.53. The van der Waals surface area contributed by atoms with Crippen molar-refractivity contribution in [3.05, 3.63) is 29.8 Å². The number of carbonyl (C=O) groups is 1.